The molecule has 2 amide bonds. The summed E-state index contributed by atoms with van der Waals surface area (Å²) in [6, 6.07) is 1.76. The maximum atomic E-state index is 13.4. The van der Waals surface area contributed by atoms with Crippen LogP contribution in [0.25, 0.3) is 10.2 Å². The third-order valence-electron chi connectivity index (χ3n) is 7.35. The van der Waals surface area contributed by atoms with Gasteiger partial charge in [-0.15, -0.1) is 11.3 Å². The minimum Gasteiger partial charge on any atom is -0.356 e. The molecule has 1 aliphatic heterocycles. The summed E-state index contributed by atoms with van der Waals surface area (Å²) >= 11 is 1.32. The Morgan fingerprint density at radius 3 is 2.59 bits per heavy atom. The second-order valence-electron chi connectivity index (χ2n) is 10.0. The van der Waals surface area contributed by atoms with Crippen LogP contribution in [0.15, 0.2) is 21.0 Å². The highest BCUT2D eigenvalue weighted by molar-refractivity contribution is 7.17. The maximum Gasteiger partial charge on any atom is 0.332 e. The van der Waals surface area contributed by atoms with Gasteiger partial charge in [0.25, 0.3) is 5.56 Å². The summed E-state index contributed by atoms with van der Waals surface area (Å²) in [5.74, 6) is 0.699. The van der Waals surface area contributed by atoms with E-state index in [4.69, 9.17) is 0 Å². The van der Waals surface area contributed by atoms with Crippen molar-refractivity contribution in [1.29, 1.82) is 0 Å². The molecule has 0 unspecified atom stereocenters. The van der Waals surface area contributed by atoms with Gasteiger partial charge in [0.15, 0.2) is 0 Å². The number of hydrogen-bond donors (Lipinski definition) is 1. The molecule has 2 aromatic rings. The number of nitrogens with zero attached hydrogens (tertiary/aromatic N) is 3. The van der Waals surface area contributed by atoms with E-state index in [1.54, 1.807) is 11.4 Å². The molecule has 1 atom stereocenters. The van der Waals surface area contributed by atoms with Crippen molar-refractivity contribution in [2.24, 2.45) is 17.8 Å². The minimum atomic E-state index is -0.405. The van der Waals surface area contributed by atoms with E-state index in [0.29, 0.717) is 29.2 Å². The van der Waals surface area contributed by atoms with Crippen LogP contribution in [0.5, 0.6) is 0 Å². The molecule has 8 nitrogen and oxygen atoms in total. The Morgan fingerprint density at radius 2 is 1.88 bits per heavy atom. The van der Waals surface area contributed by atoms with Crippen molar-refractivity contribution in [2.45, 2.75) is 71.9 Å². The molecule has 186 valence electrons. The molecule has 1 N–H and O–H groups in total. The molecule has 2 aromatic heterocycles. The molecule has 0 radical (unpaired) electrons. The molecule has 1 saturated carbocycles. The van der Waals surface area contributed by atoms with Crippen LogP contribution in [0.3, 0.4) is 0 Å². The van der Waals surface area contributed by atoms with Gasteiger partial charge in [-0.3, -0.25) is 23.5 Å². The molecule has 3 heterocycles. The second-order valence-corrected chi connectivity index (χ2v) is 10.9. The SMILES string of the molecule is CCCNC(=O)C1CCC(Cn2c(=O)c3sccc3n(CC(=O)N3CCC[C@H](C)C3)c2=O)CC1. The van der Waals surface area contributed by atoms with Gasteiger partial charge in [0.1, 0.15) is 11.2 Å². The van der Waals surface area contributed by atoms with Gasteiger partial charge >= 0.3 is 5.69 Å². The fourth-order valence-electron chi connectivity index (χ4n) is 5.36. The molecule has 0 bridgehead atoms. The van der Waals surface area contributed by atoms with Crippen LogP contribution in [-0.2, 0) is 22.7 Å². The Morgan fingerprint density at radius 1 is 1.12 bits per heavy atom. The van der Waals surface area contributed by atoms with Crippen molar-refractivity contribution >= 4 is 33.4 Å². The third kappa shape index (κ3) is 5.29. The third-order valence-corrected chi connectivity index (χ3v) is 8.24. The normalized spacial score (nSPS) is 23.2. The highest BCUT2D eigenvalue weighted by Crippen LogP contribution is 2.30. The van der Waals surface area contributed by atoms with Crippen molar-refractivity contribution in [2.75, 3.05) is 19.6 Å². The van der Waals surface area contributed by atoms with E-state index >= 15 is 0 Å². The van der Waals surface area contributed by atoms with Gasteiger partial charge in [0.2, 0.25) is 11.8 Å². The van der Waals surface area contributed by atoms with Crippen molar-refractivity contribution in [1.82, 2.24) is 19.4 Å². The number of carbonyl (C=O) groups excluding carboxylic acids is 2. The average molecular weight is 489 g/mol. The van der Waals surface area contributed by atoms with Gasteiger partial charge in [-0.2, -0.15) is 0 Å². The van der Waals surface area contributed by atoms with Gasteiger partial charge in [-0.05, 0) is 68.2 Å². The van der Waals surface area contributed by atoms with E-state index in [0.717, 1.165) is 58.0 Å². The van der Waals surface area contributed by atoms with Crippen LogP contribution in [0.2, 0.25) is 0 Å². The molecule has 0 aromatic carbocycles. The molecule has 1 saturated heterocycles. The molecule has 0 spiro atoms. The number of aromatic nitrogens is 2. The monoisotopic (exact) mass is 488 g/mol. The Balaban J connectivity index is 1.51. The summed E-state index contributed by atoms with van der Waals surface area (Å²) in [5.41, 5.74) is -0.129. The quantitative estimate of drug-likeness (QED) is 0.649. The molecular weight excluding hydrogens is 452 g/mol. The van der Waals surface area contributed by atoms with E-state index in [2.05, 4.69) is 12.2 Å². The lowest BCUT2D eigenvalue weighted by Gasteiger charge is -2.31. The number of likely N-dealkylation sites (tertiary alicyclic amines) is 1. The number of piperidine rings is 1. The average Bonchev–Trinajstić information content (AvgIpc) is 3.33. The second kappa shape index (κ2) is 10.9. The number of thiophene rings is 1. The fraction of sp³-hybridized carbons (Fsp3) is 0.680. The van der Waals surface area contributed by atoms with E-state index in [9.17, 15) is 19.2 Å². The number of rotatable bonds is 7. The smallest absolute Gasteiger partial charge is 0.332 e. The number of amides is 2. The fourth-order valence-corrected chi connectivity index (χ4v) is 6.20. The zero-order chi connectivity index (χ0) is 24.2. The minimum absolute atomic E-state index is 0.0144. The summed E-state index contributed by atoms with van der Waals surface area (Å²) in [5, 5.41) is 4.78. The first-order valence-corrected chi connectivity index (χ1v) is 13.5. The van der Waals surface area contributed by atoms with Crippen molar-refractivity contribution in [3.8, 4) is 0 Å². The first-order valence-electron chi connectivity index (χ1n) is 12.6. The lowest BCUT2D eigenvalue weighted by Crippen LogP contribution is -2.46. The molecule has 4 rings (SSSR count). The first kappa shape index (κ1) is 24.7. The summed E-state index contributed by atoms with van der Waals surface area (Å²) in [6.45, 7) is 6.61. The van der Waals surface area contributed by atoms with Gasteiger partial charge in [-0.25, -0.2) is 4.79 Å². The Kier molecular flexibility index (Phi) is 7.91. The van der Waals surface area contributed by atoms with Gasteiger partial charge < -0.3 is 10.2 Å². The van der Waals surface area contributed by atoms with Crippen LogP contribution in [0, 0.1) is 17.8 Å². The zero-order valence-corrected chi connectivity index (χ0v) is 21.1. The van der Waals surface area contributed by atoms with E-state index in [-0.39, 0.29) is 35.8 Å². The molecule has 9 heteroatoms. The predicted octanol–water partition coefficient (Wildman–Crippen LogP) is 2.82. The number of fused-ring (bicyclic) bond motifs is 1. The Hall–Kier alpha value is -2.42. The van der Waals surface area contributed by atoms with Gasteiger partial charge in [-0.1, -0.05) is 13.8 Å². The largest absolute Gasteiger partial charge is 0.356 e. The van der Waals surface area contributed by atoms with Crippen LogP contribution in [0.1, 0.15) is 58.8 Å². The zero-order valence-electron chi connectivity index (χ0n) is 20.3. The van der Waals surface area contributed by atoms with Crippen LogP contribution < -0.4 is 16.6 Å². The first-order chi connectivity index (χ1) is 16.4. The van der Waals surface area contributed by atoms with E-state index in [1.165, 1.54) is 20.5 Å². The standard InChI is InChI=1S/C25H36N4O4S/c1-3-11-26-23(31)19-8-6-18(7-9-19)15-29-24(32)22-20(10-13-34-22)28(25(29)33)16-21(30)27-12-4-5-17(2)14-27/h10,13,17-19H,3-9,11-12,14-16H2,1-2H3,(H,26,31)/t17-,18?,19?/m0/s1. The highest BCUT2D eigenvalue weighted by Gasteiger charge is 2.28. The molecule has 1 aliphatic carbocycles. The summed E-state index contributed by atoms with van der Waals surface area (Å²) in [4.78, 5) is 53.8. The summed E-state index contributed by atoms with van der Waals surface area (Å²) in [7, 11) is 0. The van der Waals surface area contributed by atoms with Crippen molar-refractivity contribution in [3.05, 3.63) is 32.3 Å². The number of nitrogens with one attached hydrogen (secondary N) is 1. The predicted molar refractivity (Wildman–Crippen MR) is 134 cm³/mol. The lowest BCUT2D eigenvalue weighted by molar-refractivity contribution is -0.133. The van der Waals surface area contributed by atoms with E-state index < -0.39 is 5.69 Å². The molecule has 34 heavy (non-hydrogen) atoms. The lowest BCUT2D eigenvalue weighted by atomic mass is 9.81. The Labute approximate surface area is 203 Å². The molecular formula is C25H36N4O4S. The topological polar surface area (TPSA) is 93.4 Å². The molecule has 2 fully saturated rings. The highest BCUT2D eigenvalue weighted by atomic mass is 32.1. The van der Waals surface area contributed by atoms with Gasteiger partial charge in [0, 0.05) is 32.1 Å². The van der Waals surface area contributed by atoms with Crippen molar-refractivity contribution in [3.63, 3.8) is 0 Å². The molecule has 2 aliphatic rings. The van der Waals surface area contributed by atoms with Crippen LogP contribution in [-0.4, -0.2) is 45.5 Å². The van der Waals surface area contributed by atoms with Crippen LogP contribution >= 0.6 is 11.3 Å². The Bertz CT molecular complexity index is 1140. The summed E-state index contributed by atoms with van der Waals surface area (Å²) < 4.78 is 3.33. The maximum absolute atomic E-state index is 13.4. The number of hydrogen-bond acceptors (Lipinski definition) is 5. The number of carbonyl (C=O) groups is 2. The summed E-state index contributed by atoms with van der Waals surface area (Å²) in [6.07, 6.45) is 6.18. The van der Waals surface area contributed by atoms with Crippen molar-refractivity contribution < 1.29 is 9.59 Å². The van der Waals surface area contributed by atoms with Gasteiger partial charge in [0.05, 0.1) is 5.52 Å². The van der Waals surface area contributed by atoms with E-state index in [1.807, 2.05) is 11.8 Å². The van der Waals surface area contributed by atoms with Crippen LogP contribution in [0.4, 0.5) is 0 Å².